The van der Waals surface area contributed by atoms with Crippen LogP contribution in [0.5, 0.6) is 0 Å². The van der Waals surface area contributed by atoms with Gasteiger partial charge in [-0.15, -0.1) is 0 Å². The lowest BCUT2D eigenvalue weighted by molar-refractivity contribution is -0.709. The van der Waals surface area contributed by atoms with Crippen LogP contribution in [0.15, 0.2) is 48.7 Å². The van der Waals surface area contributed by atoms with E-state index in [-0.39, 0.29) is 17.9 Å². The number of H-pyrrole nitrogens is 1. The average Bonchev–Trinajstić information content (AvgIpc) is 2.97. The molecule has 3 rings (SSSR count). The number of para-hydroxylation sites is 1. The van der Waals surface area contributed by atoms with Crippen molar-refractivity contribution in [2.75, 3.05) is 0 Å². The number of hydrogen-bond donors (Lipinski definition) is 2. The Kier molecular flexibility index (Phi) is 4.44. The fourth-order valence-corrected chi connectivity index (χ4v) is 3.02. The maximum atomic E-state index is 13.9. The van der Waals surface area contributed by atoms with Gasteiger partial charge in [0.15, 0.2) is 0 Å². The molecule has 0 aliphatic carbocycles. The molecule has 0 spiro atoms. The van der Waals surface area contributed by atoms with Crippen LogP contribution in [0, 0.1) is 11.6 Å². The molecule has 0 bridgehead atoms. The van der Waals surface area contributed by atoms with E-state index in [1.54, 1.807) is 25.4 Å². The second kappa shape index (κ2) is 6.53. The molecule has 0 saturated carbocycles. The third-order valence-electron chi connectivity index (χ3n) is 4.30. The largest absolute Gasteiger partial charge is 0.360 e. The number of aromatic nitrogens is 1. The molecule has 24 heavy (non-hydrogen) atoms. The quantitative estimate of drug-likeness (QED) is 0.693. The predicted octanol–water partition coefficient (Wildman–Crippen LogP) is 3.34. The highest BCUT2D eigenvalue weighted by atomic mass is 19.1. The van der Waals surface area contributed by atoms with Crippen LogP contribution in [0.3, 0.4) is 0 Å². The van der Waals surface area contributed by atoms with Crippen molar-refractivity contribution >= 4 is 16.7 Å². The topological polar surface area (TPSA) is 49.5 Å². The SMILES string of the molecule is C[C@H]([NH2+][C@@H](C)c1ccc(F)cc1F)C(=O)c1c[nH]c2ccccc12. The minimum Gasteiger partial charge on any atom is -0.360 e. The molecule has 3 N–H and O–H groups in total. The predicted molar refractivity (Wildman–Crippen MR) is 88.8 cm³/mol. The zero-order chi connectivity index (χ0) is 17.3. The summed E-state index contributed by atoms with van der Waals surface area (Å²) >= 11 is 0. The Labute approximate surface area is 138 Å². The lowest BCUT2D eigenvalue weighted by Gasteiger charge is -2.16. The molecule has 2 atom stereocenters. The molecule has 0 amide bonds. The Morgan fingerprint density at radius 1 is 1.12 bits per heavy atom. The van der Waals surface area contributed by atoms with Gasteiger partial charge in [0.1, 0.15) is 23.7 Å². The number of rotatable bonds is 5. The standard InChI is InChI=1S/C19H18F2N2O/c1-11(14-8-7-13(20)9-17(14)21)23-12(2)19(24)16-10-22-18-6-4-3-5-15(16)18/h3-12,22-23H,1-2H3/p+1/t11-,12-/m0/s1. The first-order valence-electron chi connectivity index (χ1n) is 7.87. The van der Waals surface area contributed by atoms with Crippen molar-refractivity contribution in [2.45, 2.75) is 25.9 Å². The molecule has 1 aromatic heterocycles. The van der Waals surface area contributed by atoms with Crippen LogP contribution in [0.25, 0.3) is 10.9 Å². The van der Waals surface area contributed by atoms with Gasteiger partial charge >= 0.3 is 0 Å². The van der Waals surface area contributed by atoms with E-state index < -0.39 is 11.6 Å². The van der Waals surface area contributed by atoms with Crippen LogP contribution in [0.1, 0.15) is 35.8 Å². The van der Waals surface area contributed by atoms with Gasteiger partial charge in [-0.25, -0.2) is 8.78 Å². The van der Waals surface area contributed by atoms with E-state index in [2.05, 4.69) is 4.98 Å². The number of quaternary nitrogens is 1. The number of fused-ring (bicyclic) bond motifs is 1. The summed E-state index contributed by atoms with van der Waals surface area (Å²) in [6.45, 7) is 3.59. The Bertz CT molecular complexity index is 888. The highest BCUT2D eigenvalue weighted by molar-refractivity contribution is 6.09. The van der Waals surface area contributed by atoms with Gasteiger partial charge in [-0.1, -0.05) is 18.2 Å². The first-order chi connectivity index (χ1) is 11.5. The summed E-state index contributed by atoms with van der Waals surface area (Å²) in [4.78, 5) is 15.8. The van der Waals surface area contributed by atoms with Crippen molar-refractivity contribution in [3.63, 3.8) is 0 Å². The monoisotopic (exact) mass is 329 g/mol. The first kappa shape index (κ1) is 16.3. The van der Waals surface area contributed by atoms with Crippen molar-refractivity contribution in [1.29, 1.82) is 0 Å². The second-order valence-electron chi connectivity index (χ2n) is 6.05. The Morgan fingerprint density at radius 2 is 1.88 bits per heavy atom. The third kappa shape index (κ3) is 3.08. The van der Waals surface area contributed by atoms with E-state index in [1.165, 1.54) is 12.1 Å². The molecule has 2 aromatic carbocycles. The van der Waals surface area contributed by atoms with Crippen LogP contribution < -0.4 is 5.32 Å². The van der Waals surface area contributed by atoms with Gasteiger partial charge in [0.05, 0.1) is 0 Å². The number of nitrogens with two attached hydrogens (primary N) is 1. The van der Waals surface area contributed by atoms with Gasteiger partial charge in [0, 0.05) is 34.3 Å². The molecule has 3 nitrogen and oxygen atoms in total. The maximum Gasteiger partial charge on any atom is 0.221 e. The average molecular weight is 329 g/mol. The van der Waals surface area contributed by atoms with Gasteiger partial charge in [0.2, 0.25) is 5.78 Å². The van der Waals surface area contributed by atoms with Crippen molar-refractivity contribution in [1.82, 2.24) is 4.98 Å². The molecular formula is C19H19F2N2O+. The molecular weight excluding hydrogens is 310 g/mol. The van der Waals surface area contributed by atoms with E-state index in [0.29, 0.717) is 11.1 Å². The van der Waals surface area contributed by atoms with Crippen LogP contribution in [0.2, 0.25) is 0 Å². The third-order valence-corrected chi connectivity index (χ3v) is 4.30. The molecule has 5 heteroatoms. The van der Waals surface area contributed by atoms with Gasteiger partial charge in [-0.2, -0.15) is 0 Å². The number of Topliss-reactive ketones (excluding diaryl/α,β-unsaturated/α-hetero) is 1. The van der Waals surface area contributed by atoms with Crippen molar-refractivity contribution in [3.8, 4) is 0 Å². The zero-order valence-electron chi connectivity index (χ0n) is 13.5. The minimum atomic E-state index is -0.605. The Morgan fingerprint density at radius 3 is 2.62 bits per heavy atom. The van der Waals surface area contributed by atoms with Gasteiger partial charge in [-0.05, 0) is 32.0 Å². The molecule has 0 aliphatic heterocycles. The molecule has 3 aromatic rings. The summed E-state index contributed by atoms with van der Waals surface area (Å²) in [5.74, 6) is -1.22. The second-order valence-corrected chi connectivity index (χ2v) is 6.05. The molecule has 0 radical (unpaired) electrons. The molecule has 0 fully saturated rings. The molecule has 0 aliphatic rings. The number of halogens is 2. The van der Waals surface area contributed by atoms with Gasteiger partial charge in [-0.3, -0.25) is 4.79 Å². The lowest BCUT2D eigenvalue weighted by atomic mass is 10.0. The van der Waals surface area contributed by atoms with Gasteiger partial charge in [0.25, 0.3) is 0 Å². The van der Waals surface area contributed by atoms with Gasteiger partial charge < -0.3 is 10.3 Å². The minimum absolute atomic E-state index is 0.0261. The number of nitrogens with one attached hydrogen (secondary N) is 1. The fourth-order valence-electron chi connectivity index (χ4n) is 3.02. The summed E-state index contributed by atoms with van der Waals surface area (Å²) in [6, 6.07) is 10.4. The smallest absolute Gasteiger partial charge is 0.221 e. The van der Waals surface area contributed by atoms with E-state index in [9.17, 15) is 13.6 Å². The number of carbonyl (C=O) groups excluding carboxylic acids is 1. The number of hydrogen-bond acceptors (Lipinski definition) is 1. The fraction of sp³-hybridized carbons (Fsp3) is 0.211. The van der Waals surface area contributed by atoms with E-state index in [0.717, 1.165) is 17.0 Å². The highest BCUT2D eigenvalue weighted by Crippen LogP contribution is 2.19. The van der Waals surface area contributed by atoms with E-state index in [4.69, 9.17) is 0 Å². The Hall–Kier alpha value is -2.53. The lowest BCUT2D eigenvalue weighted by Crippen LogP contribution is -2.91. The summed E-state index contributed by atoms with van der Waals surface area (Å²) in [7, 11) is 0. The van der Waals surface area contributed by atoms with Crippen molar-refractivity contribution < 1.29 is 18.9 Å². The zero-order valence-corrected chi connectivity index (χ0v) is 13.5. The van der Waals surface area contributed by atoms with Crippen LogP contribution in [-0.4, -0.2) is 16.8 Å². The molecule has 0 unspecified atom stereocenters. The number of ketones is 1. The summed E-state index contributed by atoms with van der Waals surface area (Å²) in [5.41, 5.74) is 1.92. The number of aromatic amines is 1. The van der Waals surface area contributed by atoms with Crippen LogP contribution >= 0.6 is 0 Å². The summed E-state index contributed by atoms with van der Waals surface area (Å²) in [6.07, 6.45) is 1.71. The normalized spacial score (nSPS) is 13.8. The number of carbonyl (C=O) groups is 1. The number of benzene rings is 2. The Balaban J connectivity index is 1.79. The van der Waals surface area contributed by atoms with E-state index >= 15 is 0 Å². The maximum absolute atomic E-state index is 13.9. The summed E-state index contributed by atoms with van der Waals surface area (Å²) in [5, 5.41) is 2.67. The van der Waals surface area contributed by atoms with Crippen molar-refractivity contribution in [3.05, 3.63) is 71.4 Å². The molecule has 0 saturated heterocycles. The highest BCUT2D eigenvalue weighted by Gasteiger charge is 2.25. The summed E-state index contributed by atoms with van der Waals surface area (Å²) < 4.78 is 26.9. The van der Waals surface area contributed by atoms with Crippen molar-refractivity contribution in [2.24, 2.45) is 0 Å². The van der Waals surface area contributed by atoms with E-state index in [1.807, 2.05) is 24.3 Å². The molecule has 124 valence electrons. The first-order valence-corrected chi connectivity index (χ1v) is 7.87. The van der Waals surface area contributed by atoms with Crippen LogP contribution in [-0.2, 0) is 0 Å². The molecule has 1 heterocycles. The van der Waals surface area contributed by atoms with Crippen LogP contribution in [0.4, 0.5) is 8.78 Å².